The summed E-state index contributed by atoms with van der Waals surface area (Å²) in [6, 6.07) is 9.26. The van der Waals surface area contributed by atoms with Crippen LogP contribution in [0.4, 0.5) is 16.4 Å². The van der Waals surface area contributed by atoms with Gasteiger partial charge in [0.15, 0.2) is 0 Å². The van der Waals surface area contributed by atoms with E-state index in [0.29, 0.717) is 25.7 Å². The van der Waals surface area contributed by atoms with E-state index in [0.717, 1.165) is 29.4 Å². The van der Waals surface area contributed by atoms with Crippen LogP contribution in [0.3, 0.4) is 0 Å². The molecule has 1 aromatic heterocycles. The van der Waals surface area contributed by atoms with Crippen LogP contribution in [0.1, 0.15) is 5.69 Å². The van der Waals surface area contributed by atoms with Crippen LogP contribution in [0.2, 0.25) is 0 Å². The Bertz CT molecular complexity index is 722. The lowest BCUT2D eigenvalue weighted by molar-refractivity contribution is 0.122. The summed E-state index contributed by atoms with van der Waals surface area (Å²) in [5, 5.41) is 5.66. The number of carbonyl (C=O) groups excluding carboxylic acids is 1. The standard InChI is InChI=1S/C17H21N5O2S/c1-25-15-4-2-3-13(11-15)21-17(23)19-12-14-5-6-18-16(20-14)22-7-9-24-10-8-22/h2-6,11H,7-10,12H2,1H3,(H2,19,21,23). The predicted molar refractivity (Wildman–Crippen MR) is 99.1 cm³/mol. The van der Waals surface area contributed by atoms with Crippen molar-refractivity contribution >= 4 is 29.4 Å². The number of nitrogens with one attached hydrogen (secondary N) is 2. The van der Waals surface area contributed by atoms with Crippen molar-refractivity contribution in [2.24, 2.45) is 0 Å². The quantitative estimate of drug-likeness (QED) is 0.798. The third kappa shape index (κ3) is 5.07. The fourth-order valence-corrected chi connectivity index (χ4v) is 2.91. The van der Waals surface area contributed by atoms with Crippen LogP contribution in [0.25, 0.3) is 0 Å². The van der Waals surface area contributed by atoms with Crippen LogP contribution in [0.5, 0.6) is 0 Å². The molecule has 0 radical (unpaired) electrons. The zero-order chi connectivity index (χ0) is 17.5. The first kappa shape index (κ1) is 17.5. The number of rotatable bonds is 5. The fraction of sp³-hybridized carbons (Fsp3) is 0.353. The molecule has 1 aliphatic rings. The van der Waals surface area contributed by atoms with E-state index in [1.165, 1.54) is 0 Å². The Morgan fingerprint density at radius 1 is 1.32 bits per heavy atom. The Kier molecular flexibility index (Phi) is 6.08. The van der Waals surface area contributed by atoms with Crippen molar-refractivity contribution in [3.05, 3.63) is 42.2 Å². The maximum absolute atomic E-state index is 12.1. The Morgan fingerprint density at radius 2 is 2.16 bits per heavy atom. The molecule has 25 heavy (non-hydrogen) atoms. The first-order valence-electron chi connectivity index (χ1n) is 8.08. The van der Waals surface area contributed by atoms with Crippen LogP contribution in [0.15, 0.2) is 41.4 Å². The van der Waals surface area contributed by atoms with Gasteiger partial charge in [-0.3, -0.25) is 0 Å². The molecule has 2 aromatic rings. The van der Waals surface area contributed by atoms with Gasteiger partial charge in [-0.2, -0.15) is 0 Å². The van der Waals surface area contributed by atoms with Crippen LogP contribution in [-0.2, 0) is 11.3 Å². The number of anilines is 2. The zero-order valence-electron chi connectivity index (χ0n) is 14.1. The van der Waals surface area contributed by atoms with Crippen molar-refractivity contribution in [1.29, 1.82) is 0 Å². The number of carbonyl (C=O) groups is 1. The monoisotopic (exact) mass is 359 g/mol. The molecule has 0 saturated carbocycles. The molecule has 2 N–H and O–H groups in total. The second-order valence-electron chi connectivity index (χ2n) is 5.49. The van der Waals surface area contributed by atoms with Gasteiger partial charge in [0, 0.05) is 29.9 Å². The Hall–Kier alpha value is -2.32. The largest absolute Gasteiger partial charge is 0.378 e. The number of ether oxygens (including phenoxy) is 1. The normalized spacial score (nSPS) is 14.2. The molecule has 0 atom stereocenters. The van der Waals surface area contributed by atoms with E-state index in [1.54, 1.807) is 24.0 Å². The summed E-state index contributed by atoms with van der Waals surface area (Å²) in [6.07, 6.45) is 3.72. The van der Waals surface area contributed by atoms with Gasteiger partial charge in [0.25, 0.3) is 0 Å². The Morgan fingerprint density at radius 3 is 2.96 bits per heavy atom. The summed E-state index contributed by atoms with van der Waals surface area (Å²) < 4.78 is 5.34. The second-order valence-corrected chi connectivity index (χ2v) is 6.37. The maximum atomic E-state index is 12.1. The molecule has 0 bridgehead atoms. The number of benzene rings is 1. The van der Waals surface area contributed by atoms with Crippen LogP contribution < -0.4 is 15.5 Å². The molecule has 132 valence electrons. The summed E-state index contributed by atoms with van der Waals surface area (Å²) in [6.45, 7) is 3.27. The second kappa shape index (κ2) is 8.68. The van der Waals surface area contributed by atoms with Gasteiger partial charge < -0.3 is 20.3 Å². The summed E-state index contributed by atoms with van der Waals surface area (Å²) in [5.41, 5.74) is 1.53. The van der Waals surface area contributed by atoms with Crippen molar-refractivity contribution in [2.75, 3.05) is 42.8 Å². The molecule has 0 spiro atoms. The van der Waals surface area contributed by atoms with E-state index in [9.17, 15) is 4.79 Å². The topological polar surface area (TPSA) is 79.4 Å². The fourth-order valence-electron chi connectivity index (χ4n) is 2.45. The summed E-state index contributed by atoms with van der Waals surface area (Å²) in [7, 11) is 0. The number of amides is 2. The number of morpholine rings is 1. The molecule has 8 heteroatoms. The van der Waals surface area contributed by atoms with E-state index in [4.69, 9.17) is 4.74 Å². The van der Waals surface area contributed by atoms with Crippen LogP contribution in [-0.4, -0.2) is 48.6 Å². The van der Waals surface area contributed by atoms with Gasteiger partial charge >= 0.3 is 6.03 Å². The molecular formula is C17H21N5O2S. The highest BCUT2D eigenvalue weighted by molar-refractivity contribution is 7.98. The number of thioether (sulfide) groups is 1. The smallest absolute Gasteiger partial charge is 0.319 e. The maximum Gasteiger partial charge on any atom is 0.319 e. The van der Waals surface area contributed by atoms with Crippen molar-refractivity contribution in [3.63, 3.8) is 0 Å². The molecular weight excluding hydrogens is 338 g/mol. The minimum absolute atomic E-state index is 0.259. The third-order valence-corrected chi connectivity index (χ3v) is 4.48. The van der Waals surface area contributed by atoms with Gasteiger partial charge in [0.1, 0.15) is 0 Å². The lowest BCUT2D eigenvalue weighted by Gasteiger charge is -2.26. The average Bonchev–Trinajstić information content (AvgIpc) is 2.67. The molecule has 1 saturated heterocycles. The van der Waals surface area contributed by atoms with E-state index in [1.807, 2.05) is 30.5 Å². The summed E-state index contributed by atoms with van der Waals surface area (Å²) in [5.74, 6) is 0.677. The number of nitrogens with zero attached hydrogens (tertiary/aromatic N) is 3. The van der Waals surface area contributed by atoms with Gasteiger partial charge in [-0.05, 0) is 30.5 Å². The first-order chi connectivity index (χ1) is 12.2. The van der Waals surface area contributed by atoms with Crippen LogP contribution >= 0.6 is 11.8 Å². The van der Waals surface area contributed by atoms with Gasteiger partial charge in [-0.1, -0.05) is 6.07 Å². The number of urea groups is 1. The molecule has 0 aliphatic carbocycles. The van der Waals surface area contributed by atoms with Crippen molar-refractivity contribution < 1.29 is 9.53 Å². The molecule has 3 rings (SSSR count). The van der Waals surface area contributed by atoms with E-state index >= 15 is 0 Å². The summed E-state index contributed by atoms with van der Waals surface area (Å²) >= 11 is 1.63. The highest BCUT2D eigenvalue weighted by atomic mass is 32.2. The number of hydrogen-bond donors (Lipinski definition) is 2. The van der Waals surface area contributed by atoms with E-state index in [2.05, 4.69) is 25.5 Å². The number of hydrogen-bond acceptors (Lipinski definition) is 6. The first-order valence-corrected chi connectivity index (χ1v) is 9.30. The molecule has 1 aromatic carbocycles. The van der Waals surface area contributed by atoms with Crippen molar-refractivity contribution in [3.8, 4) is 0 Å². The van der Waals surface area contributed by atoms with Crippen molar-refractivity contribution in [2.45, 2.75) is 11.4 Å². The minimum Gasteiger partial charge on any atom is -0.378 e. The lowest BCUT2D eigenvalue weighted by atomic mass is 10.3. The minimum atomic E-state index is -0.259. The van der Waals surface area contributed by atoms with Gasteiger partial charge in [-0.15, -0.1) is 11.8 Å². The van der Waals surface area contributed by atoms with E-state index < -0.39 is 0 Å². The third-order valence-electron chi connectivity index (χ3n) is 3.75. The van der Waals surface area contributed by atoms with E-state index in [-0.39, 0.29) is 6.03 Å². The molecule has 7 nitrogen and oxygen atoms in total. The average molecular weight is 359 g/mol. The highest BCUT2D eigenvalue weighted by Gasteiger charge is 2.14. The van der Waals surface area contributed by atoms with Gasteiger partial charge in [-0.25, -0.2) is 14.8 Å². The van der Waals surface area contributed by atoms with Crippen molar-refractivity contribution in [1.82, 2.24) is 15.3 Å². The lowest BCUT2D eigenvalue weighted by Crippen LogP contribution is -2.37. The summed E-state index contributed by atoms with van der Waals surface area (Å²) in [4.78, 5) is 24.1. The zero-order valence-corrected chi connectivity index (χ0v) is 14.9. The van der Waals surface area contributed by atoms with Gasteiger partial charge in [0.2, 0.25) is 5.95 Å². The Labute approximate surface area is 151 Å². The number of aromatic nitrogens is 2. The molecule has 2 heterocycles. The molecule has 0 unspecified atom stereocenters. The van der Waals surface area contributed by atoms with Crippen LogP contribution in [0, 0.1) is 0 Å². The molecule has 1 aliphatic heterocycles. The predicted octanol–water partition coefficient (Wildman–Crippen LogP) is 2.36. The molecule has 2 amide bonds. The van der Waals surface area contributed by atoms with Gasteiger partial charge in [0.05, 0.1) is 25.5 Å². The highest BCUT2D eigenvalue weighted by Crippen LogP contribution is 2.18. The Balaban J connectivity index is 1.54. The molecule has 1 fully saturated rings. The SMILES string of the molecule is CSc1cccc(NC(=O)NCc2ccnc(N3CCOCC3)n2)c1.